The van der Waals surface area contributed by atoms with Gasteiger partial charge in [0, 0.05) is 61.8 Å². The van der Waals surface area contributed by atoms with Crippen molar-refractivity contribution in [2.75, 3.05) is 51.3 Å². The van der Waals surface area contributed by atoms with Crippen LogP contribution < -0.4 is 10.2 Å². The summed E-state index contributed by atoms with van der Waals surface area (Å²) in [5.74, 6) is -0.764. The molecule has 0 bridgehead atoms. The standard InChI is InChI=1S/C26H28N6O5S/c1-16(11-22(33)34)17-3-5-18(6-4-17)32-14-19-13-30(8-9-31(19)26(32)36)15-21-20(25(35)37-2)12-28-23(29-21)24-27-7-10-38-24/h3-7,10-11,19H,8-9,12-15H2,1-2H3,(H,28,29)(H,33,34)/b16-11+/t19-/m0/s1. The maximum Gasteiger partial charge on any atom is 0.337 e. The van der Waals surface area contributed by atoms with Crippen LogP contribution in [0.25, 0.3) is 5.57 Å². The van der Waals surface area contributed by atoms with Crippen LogP contribution in [0.5, 0.6) is 0 Å². The first-order valence-electron chi connectivity index (χ1n) is 12.2. The molecule has 2 aromatic rings. The van der Waals surface area contributed by atoms with Crippen LogP contribution in [0.2, 0.25) is 0 Å². The number of carboxylic acids is 1. The number of carboxylic acid groups (broad SMARTS) is 1. The minimum Gasteiger partial charge on any atom is -0.478 e. The molecule has 1 aromatic heterocycles. The third kappa shape index (κ3) is 5.18. The van der Waals surface area contributed by atoms with Crippen LogP contribution >= 0.6 is 11.3 Å². The summed E-state index contributed by atoms with van der Waals surface area (Å²) in [6, 6.07) is 7.32. The van der Waals surface area contributed by atoms with Crippen LogP contribution in [0, 0.1) is 0 Å². The van der Waals surface area contributed by atoms with E-state index in [1.54, 1.807) is 18.0 Å². The number of urea groups is 1. The van der Waals surface area contributed by atoms with Crippen LogP contribution in [0.15, 0.2) is 58.2 Å². The normalized spacial score (nSPS) is 20.3. The van der Waals surface area contributed by atoms with Gasteiger partial charge in [-0.25, -0.2) is 19.4 Å². The second-order valence-corrected chi connectivity index (χ2v) is 10.2. The quantitative estimate of drug-likeness (QED) is 0.407. The van der Waals surface area contributed by atoms with Crippen LogP contribution in [-0.2, 0) is 14.3 Å². The highest BCUT2D eigenvalue weighted by Crippen LogP contribution is 2.28. The molecular formula is C26H28N6O5S. The Labute approximate surface area is 223 Å². The number of carbonyl (C=O) groups is 3. The average molecular weight is 537 g/mol. The summed E-state index contributed by atoms with van der Waals surface area (Å²) in [5, 5.41) is 14.9. The van der Waals surface area contributed by atoms with Gasteiger partial charge in [0.1, 0.15) is 0 Å². The van der Waals surface area contributed by atoms with Gasteiger partial charge >= 0.3 is 18.0 Å². The Bertz CT molecular complexity index is 1330. The number of aliphatic carboxylic acids is 1. The Balaban J connectivity index is 1.27. The molecule has 0 unspecified atom stereocenters. The van der Waals surface area contributed by atoms with Gasteiger partial charge < -0.3 is 20.1 Å². The molecule has 5 rings (SSSR count). The second kappa shape index (κ2) is 10.8. The maximum absolute atomic E-state index is 13.2. The molecule has 0 radical (unpaired) electrons. The lowest BCUT2D eigenvalue weighted by Crippen LogP contribution is -2.53. The molecule has 1 atom stereocenters. The van der Waals surface area contributed by atoms with Gasteiger partial charge in [-0.3, -0.25) is 14.8 Å². The number of aromatic nitrogens is 1. The minimum atomic E-state index is -0.993. The van der Waals surface area contributed by atoms with Gasteiger partial charge in [-0.05, 0) is 30.2 Å². The van der Waals surface area contributed by atoms with Crippen molar-refractivity contribution in [3.63, 3.8) is 0 Å². The maximum atomic E-state index is 13.2. The van der Waals surface area contributed by atoms with E-state index in [1.165, 1.54) is 24.5 Å². The lowest BCUT2D eigenvalue weighted by Gasteiger charge is -2.37. The molecule has 1 aromatic carbocycles. The zero-order valence-corrected chi connectivity index (χ0v) is 21.9. The summed E-state index contributed by atoms with van der Waals surface area (Å²) in [5.41, 5.74) is 3.45. The van der Waals surface area contributed by atoms with Gasteiger partial charge in [-0.1, -0.05) is 12.1 Å². The van der Waals surface area contributed by atoms with Crippen molar-refractivity contribution < 1.29 is 24.2 Å². The molecule has 2 saturated heterocycles. The summed E-state index contributed by atoms with van der Waals surface area (Å²) >= 11 is 1.47. The number of nitrogens with one attached hydrogen (secondary N) is 1. The molecule has 3 aliphatic heterocycles. The highest BCUT2D eigenvalue weighted by atomic mass is 32.1. The topological polar surface area (TPSA) is 128 Å². The summed E-state index contributed by atoms with van der Waals surface area (Å²) in [6.45, 7) is 4.90. The third-order valence-electron chi connectivity index (χ3n) is 6.89. The molecule has 2 amide bonds. The van der Waals surface area contributed by atoms with E-state index in [2.05, 4.69) is 20.2 Å². The fourth-order valence-corrected chi connectivity index (χ4v) is 5.55. The van der Waals surface area contributed by atoms with Crippen molar-refractivity contribution in [3.8, 4) is 0 Å². The number of amidine groups is 1. The van der Waals surface area contributed by atoms with Crippen molar-refractivity contribution >= 4 is 46.4 Å². The number of rotatable bonds is 7. The van der Waals surface area contributed by atoms with Crippen LogP contribution in [-0.4, -0.2) is 96.1 Å². The number of anilines is 1. The lowest BCUT2D eigenvalue weighted by atomic mass is 10.1. The lowest BCUT2D eigenvalue weighted by molar-refractivity contribution is -0.136. The van der Waals surface area contributed by atoms with Crippen molar-refractivity contribution in [2.45, 2.75) is 13.0 Å². The zero-order chi connectivity index (χ0) is 26.8. The SMILES string of the molecule is COC(=O)C1=C(CN2CCN3C(=O)N(c4ccc(/C(C)=C/C(=O)O)cc4)C[C@@H]3C2)NC(c2nccs2)=NC1. The smallest absolute Gasteiger partial charge is 0.337 e. The van der Waals surface area contributed by atoms with Gasteiger partial charge in [0.15, 0.2) is 10.8 Å². The number of hydrogen-bond donors (Lipinski definition) is 2. The zero-order valence-electron chi connectivity index (χ0n) is 21.1. The number of thiazole rings is 1. The Morgan fingerprint density at radius 1 is 1.24 bits per heavy atom. The highest BCUT2D eigenvalue weighted by molar-refractivity contribution is 7.11. The van der Waals surface area contributed by atoms with Gasteiger partial charge in [0.05, 0.1) is 25.3 Å². The number of ether oxygens (including phenoxy) is 1. The average Bonchev–Trinajstić information content (AvgIpc) is 3.56. The molecule has 38 heavy (non-hydrogen) atoms. The van der Waals surface area contributed by atoms with E-state index in [0.717, 1.165) is 22.0 Å². The predicted molar refractivity (Wildman–Crippen MR) is 143 cm³/mol. The highest BCUT2D eigenvalue weighted by Gasteiger charge is 2.41. The molecule has 0 spiro atoms. The number of piperazine rings is 1. The summed E-state index contributed by atoms with van der Waals surface area (Å²) < 4.78 is 4.99. The van der Waals surface area contributed by atoms with Crippen LogP contribution in [0.3, 0.4) is 0 Å². The van der Waals surface area contributed by atoms with Gasteiger partial charge in [0.25, 0.3) is 0 Å². The Kier molecular flexibility index (Phi) is 7.25. The van der Waals surface area contributed by atoms with E-state index in [9.17, 15) is 14.4 Å². The Morgan fingerprint density at radius 2 is 2.03 bits per heavy atom. The van der Waals surface area contributed by atoms with Gasteiger partial charge in [0.2, 0.25) is 0 Å². The molecule has 11 nitrogen and oxygen atoms in total. The van der Waals surface area contributed by atoms with E-state index in [-0.39, 0.29) is 18.6 Å². The number of aliphatic imine (C=N–C) groups is 1. The Hall–Kier alpha value is -4.03. The van der Waals surface area contributed by atoms with E-state index in [4.69, 9.17) is 9.84 Å². The molecule has 2 fully saturated rings. The molecule has 4 heterocycles. The van der Waals surface area contributed by atoms with E-state index in [1.807, 2.05) is 34.5 Å². The van der Waals surface area contributed by atoms with E-state index < -0.39 is 11.9 Å². The summed E-state index contributed by atoms with van der Waals surface area (Å²) in [7, 11) is 1.36. The predicted octanol–water partition coefficient (Wildman–Crippen LogP) is 2.03. The number of allylic oxidation sites excluding steroid dienone is 1. The Morgan fingerprint density at radius 3 is 2.71 bits per heavy atom. The first-order chi connectivity index (χ1) is 18.3. The molecule has 0 aliphatic carbocycles. The number of esters is 1. The number of benzene rings is 1. The largest absolute Gasteiger partial charge is 0.478 e. The van der Waals surface area contributed by atoms with Crippen molar-refractivity contribution in [1.29, 1.82) is 0 Å². The number of fused-ring (bicyclic) bond motifs is 1. The third-order valence-corrected chi connectivity index (χ3v) is 7.67. The fraction of sp³-hybridized carbons (Fsp3) is 0.346. The number of amides is 2. The minimum absolute atomic E-state index is 0.00226. The van der Waals surface area contributed by atoms with Crippen LogP contribution in [0.1, 0.15) is 17.5 Å². The van der Waals surface area contributed by atoms with Gasteiger partial charge in [-0.15, -0.1) is 11.3 Å². The van der Waals surface area contributed by atoms with Crippen LogP contribution in [0.4, 0.5) is 10.5 Å². The number of nitrogens with zero attached hydrogens (tertiary/aromatic N) is 5. The van der Waals surface area contributed by atoms with E-state index >= 15 is 0 Å². The first-order valence-corrected chi connectivity index (χ1v) is 13.1. The number of methoxy groups -OCH3 is 1. The van der Waals surface area contributed by atoms with E-state index in [0.29, 0.717) is 49.7 Å². The van der Waals surface area contributed by atoms with Crippen molar-refractivity contribution in [2.24, 2.45) is 4.99 Å². The first kappa shape index (κ1) is 25.6. The molecule has 12 heteroatoms. The van der Waals surface area contributed by atoms with Gasteiger partial charge in [-0.2, -0.15) is 0 Å². The van der Waals surface area contributed by atoms with Crippen molar-refractivity contribution in [1.82, 2.24) is 20.1 Å². The van der Waals surface area contributed by atoms with Crippen molar-refractivity contribution in [3.05, 3.63) is 63.8 Å². The summed E-state index contributed by atoms with van der Waals surface area (Å²) in [6.07, 6.45) is 2.88. The summed E-state index contributed by atoms with van der Waals surface area (Å²) in [4.78, 5) is 51.3. The number of carbonyl (C=O) groups excluding carboxylic acids is 2. The molecular weight excluding hydrogens is 508 g/mol. The second-order valence-electron chi connectivity index (χ2n) is 9.26. The molecule has 3 aliphatic rings. The fourth-order valence-electron chi connectivity index (χ4n) is 4.95. The molecule has 198 valence electrons. The monoisotopic (exact) mass is 536 g/mol. The number of hydrogen-bond acceptors (Lipinski definition) is 9. The molecule has 2 N–H and O–H groups in total. The molecule has 0 saturated carbocycles.